The van der Waals surface area contributed by atoms with Crippen molar-refractivity contribution in [2.24, 2.45) is 0 Å². The minimum atomic E-state index is 0. The van der Waals surface area contributed by atoms with E-state index in [1.54, 1.807) is 0 Å². The third kappa shape index (κ3) is 5.36. The summed E-state index contributed by atoms with van der Waals surface area (Å²) >= 11 is 3.66. The molecule has 0 aliphatic carbocycles. The first kappa shape index (κ1) is 22.7. The van der Waals surface area contributed by atoms with Crippen LogP contribution in [-0.2, 0) is 0 Å². The van der Waals surface area contributed by atoms with Gasteiger partial charge in [0.05, 0.1) is 0 Å². The van der Waals surface area contributed by atoms with Crippen LogP contribution < -0.4 is 5.32 Å². The second-order valence-corrected chi connectivity index (χ2v) is 6.82. The van der Waals surface area contributed by atoms with E-state index in [0.717, 1.165) is 59.3 Å². The average Bonchev–Trinajstić information content (AvgIpc) is 2.44. The summed E-state index contributed by atoms with van der Waals surface area (Å²) in [5.74, 6) is 0.401. The van der Waals surface area contributed by atoms with Crippen LogP contribution in [0.5, 0.6) is 5.75 Å². The summed E-state index contributed by atoms with van der Waals surface area (Å²) in [4.78, 5) is 2.45. The molecule has 3 nitrogen and oxygen atoms in total. The van der Waals surface area contributed by atoms with E-state index in [-0.39, 0.29) is 30.9 Å². The normalized spacial score (nSPS) is 16.2. The number of hydrogen-bond donors (Lipinski definition) is 2. The van der Waals surface area contributed by atoms with Crippen LogP contribution in [0.4, 0.5) is 0 Å². The van der Waals surface area contributed by atoms with Gasteiger partial charge in [0.2, 0.25) is 0 Å². The van der Waals surface area contributed by atoms with Crippen molar-refractivity contribution in [3.63, 3.8) is 0 Å². The second kappa shape index (κ2) is 9.90. The third-order valence-electron chi connectivity index (χ3n) is 4.18. The Labute approximate surface area is 160 Å². The molecule has 1 aromatic carbocycles. The summed E-state index contributed by atoms with van der Waals surface area (Å²) in [5.41, 5.74) is 4.40. The lowest BCUT2D eigenvalue weighted by Crippen LogP contribution is -2.45. The molecule has 2 N–H and O–H groups in total. The highest BCUT2D eigenvalue weighted by molar-refractivity contribution is 9.10. The Bertz CT molecular complexity index is 546. The fraction of sp³-hybridized carbons (Fsp3) is 0.529. The van der Waals surface area contributed by atoms with Crippen molar-refractivity contribution >= 4 is 40.7 Å². The van der Waals surface area contributed by atoms with Crippen LogP contribution in [0.2, 0.25) is 0 Å². The highest BCUT2D eigenvalue weighted by Gasteiger charge is 2.27. The molecular formula is C17H27BrCl2N2O. The number of nitrogens with one attached hydrogen (secondary N) is 1. The molecule has 1 saturated heterocycles. The summed E-state index contributed by atoms with van der Waals surface area (Å²) in [6, 6.07) is 2.06. The number of hydrogen-bond acceptors (Lipinski definition) is 3. The van der Waals surface area contributed by atoms with Gasteiger partial charge in [-0.3, -0.25) is 4.90 Å². The zero-order valence-electron chi connectivity index (χ0n) is 14.0. The molecule has 1 aromatic rings. The predicted molar refractivity (Wildman–Crippen MR) is 106 cm³/mol. The van der Waals surface area contributed by atoms with Gasteiger partial charge < -0.3 is 10.4 Å². The molecule has 132 valence electrons. The fourth-order valence-corrected chi connectivity index (χ4v) is 3.44. The van der Waals surface area contributed by atoms with E-state index in [9.17, 15) is 5.11 Å². The molecule has 0 radical (unpaired) electrons. The molecule has 0 aromatic heterocycles. The standard InChI is InChI=1S/C17H25BrN2O.2ClH/c1-11(2)9-14(20-7-5-19-6-8-20)16-13(4)17(18)12(3)10-15(16)21;;/h10,14,19,21H,1,5-9H2,2-4H3;2*1H/t14-;;/m0../s1. The van der Waals surface area contributed by atoms with Crippen LogP contribution in [0.25, 0.3) is 0 Å². The van der Waals surface area contributed by atoms with E-state index in [4.69, 9.17) is 0 Å². The summed E-state index contributed by atoms with van der Waals surface area (Å²) < 4.78 is 1.09. The quantitative estimate of drug-likeness (QED) is 0.695. The third-order valence-corrected chi connectivity index (χ3v) is 5.40. The van der Waals surface area contributed by atoms with Crippen molar-refractivity contribution in [3.8, 4) is 5.75 Å². The highest BCUT2D eigenvalue weighted by Crippen LogP contribution is 2.40. The first-order valence-corrected chi connectivity index (χ1v) is 8.28. The van der Waals surface area contributed by atoms with Crippen LogP contribution in [0.1, 0.15) is 36.1 Å². The van der Waals surface area contributed by atoms with Crippen molar-refractivity contribution in [1.82, 2.24) is 10.2 Å². The van der Waals surface area contributed by atoms with Crippen LogP contribution in [0.15, 0.2) is 22.7 Å². The topological polar surface area (TPSA) is 35.5 Å². The maximum absolute atomic E-state index is 10.5. The minimum absolute atomic E-state index is 0. The first-order chi connectivity index (χ1) is 9.91. The molecule has 0 amide bonds. The summed E-state index contributed by atoms with van der Waals surface area (Å²) in [6.45, 7) is 14.2. The monoisotopic (exact) mass is 424 g/mol. The first-order valence-electron chi connectivity index (χ1n) is 7.49. The maximum atomic E-state index is 10.5. The molecule has 1 heterocycles. The van der Waals surface area contributed by atoms with Crippen molar-refractivity contribution in [3.05, 3.63) is 39.4 Å². The van der Waals surface area contributed by atoms with Crippen molar-refractivity contribution in [2.45, 2.75) is 33.2 Å². The van der Waals surface area contributed by atoms with Gasteiger partial charge in [-0.1, -0.05) is 21.5 Å². The number of aryl methyl sites for hydroxylation is 1. The molecule has 0 unspecified atom stereocenters. The van der Waals surface area contributed by atoms with E-state index in [2.05, 4.69) is 46.6 Å². The van der Waals surface area contributed by atoms with Gasteiger partial charge in [0, 0.05) is 42.3 Å². The Kier molecular flexibility index (Phi) is 9.78. The number of aromatic hydroxyl groups is 1. The van der Waals surface area contributed by atoms with Gasteiger partial charge in [-0.2, -0.15) is 0 Å². The number of phenols is 1. The minimum Gasteiger partial charge on any atom is -0.508 e. The highest BCUT2D eigenvalue weighted by atomic mass is 79.9. The number of benzene rings is 1. The smallest absolute Gasteiger partial charge is 0.120 e. The van der Waals surface area contributed by atoms with Gasteiger partial charge in [0.15, 0.2) is 0 Å². The van der Waals surface area contributed by atoms with Crippen LogP contribution in [0.3, 0.4) is 0 Å². The van der Waals surface area contributed by atoms with Crippen LogP contribution in [-0.4, -0.2) is 36.2 Å². The van der Waals surface area contributed by atoms with Gasteiger partial charge in [0.25, 0.3) is 0 Å². The Morgan fingerprint density at radius 1 is 1.35 bits per heavy atom. The Morgan fingerprint density at radius 2 is 1.91 bits per heavy atom. The van der Waals surface area contributed by atoms with Crippen molar-refractivity contribution in [2.75, 3.05) is 26.2 Å². The Balaban J connectivity index is 0.00000242. The Hall–Kier alpha value is -0.260. The van der Waals surface area contributed by atoms with Crippen molar-refractivity contribution < 1.29 is 5.11 Å². The van der Waals surface area contributed by atoms with Gasteiger partial charge in [-0.05, 0) is 44.4 Å². The fourth-order valence-electron chi connectivity index (χ4n) is 3.11. The van der Waals surface area contributed by atoms with Crippen LogP contribution in [0, 0.1) is 13.8 Å². The van der Waals surface area contributed by atoms with E-state index < -0.39 is 0 Å². The number of piperazine rings is 1. The summed E-state index contributed by atoms with van der Waals surface area (Å²) in [7, 11) is 0. The molecular weight excluding hydrogens is 399 g/mol. The van der Waals surface area contributed by atoms with Crippen molar-refractivity contribution in [1.29, 1.82) is 0 Å². The van der Waals surface area contributed by atoms with Gasteiger partial charge >= 0.3 is 0 Å². The van der Waals surface area contributed by atoms with Crippen LogP contribution >= 0.6 is 40.7 Å². The lowest BCUT2D eigenvalue weighted by molar-refractivity contribution is 0.169. The number of nitrogens with zero attached hydrogens (tertiary/aromatic N) is 1. The van der Waals surface area contributed by atoms with Gasteiger partial charge in [0.1, 0.15) is 5.75 Å². The largest absolute Gasteiger partial charge is 0.508 e. The molecule has 1 aliphatic rings. The summed E-state index contributed by atoms with van der Waals surface area (Å²) in [6.07, 6.45) is 0.879. The number of halogens is 3. The SMILES string of the molecule is C=C(C)C[C@@H](c1c(O)cc(C)c(Br)c1C)N1CCNCC1.Cl.Cl. The molecule has 0 saturated carbocycles. The van der Waals surface area contributed by atoms with E-state index in [1.807, 2.05) is 13.0 Å². The van der Waals surface area contributed by atoms with Gasteiger partial charge in [-0.15, -0.1) is 31.4 Å². The number of rotatable bonds is 4. The zero-order chi connectivity index (χ0) is 15.6. The average molecular weight is 426 g/mol. The molecule has 23 heavy (non-hydrogen) atoms. The lowest BCUT2D eigenvalue weighted by Gasteiger charge is -2.36. The molecule has 0 spiro atoms. The number of phenolic OH excluding ortho intramolecular Hbond substituents is 1. The molecule has 1 aliphatic heterocycles. The molecule has 6 heteroatoms. The predicted octanol–water partition coefficient (Wildman–Crippen LogP) is 4.53. The maximum Gasteiger partial charge on any atom is 0.120 e. The molecule has 2 rings (SSSR count). The second-order valence-electron chi connectivity index (χ2n) is 6.03. The lowest BCUT2D eigenvalue weighted by atomic mass is 9.92. The van der Waals surface area contributed by atoms with E-state index >= 15 is 0 Å². The molecule has 1 fully saturated rings. The van der Waals surface area contributed by atoms with Gasteiger partial charge in [-0.25, -0.2) is 0 Å². The molecule has 0 bridgehead atoms. The molecule has 1 atom stereocenters. The van der Waals surface area contributed by atoms with E-state index in [0.29, 0.717) is 5.75 Å². The van der Waals surface area contributed by atoms with E-state index in [1.165, 1.54) is 0 Å². The Morgan fingerprint density at radius 3 is 2.43 bits per heavy atom. The zero-order valence-corrected chi connectivity index (χ0v) is 17.2. The summed E-state index contributed by atoms with van der Waals surface area (Å²) in [5, 5.41) is 13.9.